The summed E-state index contributed by atoms with van der Waals surface area (Å²) in [5, 5.41) is 31.2. The highest BCUT2D eigenvalue weighted by molar-refractivity contribution is 5.98. The SMILES string of the molecule is CC[C@@]1(O)C(=O)OCc2c1cc1n(c2=O)Cc2c-1nc1ccccc1c2CCN(CCOCNC(=O)CNC(=O)OCc1ccc(NC(=O)[C@H](CCCNC(N)=O)NC(=O)[C@@H](NC(=O)CC(C)(C)COCC(C)(C)CNC(=O)COC2C#CCCCCC2)C(C)C)cc1)C(C)C. The monoisotopic (exact) mass is 1330 g/mol. The quantitative estimate of drug-likeness (QED) is 0.0108. The number of nitrogens with two attached hydrogens (primary N) is 1. The van der Waals surface area contributed by atoms with Crippen molar-refractivity contribution in [3.8, 4) is 23.2 Å². The van der Waals surface area contributed by atoms with E-state index in [1.54, 1.807) is 55.7 Å². The molecule has 10 N–H and O–H groups in total. The summed E-state index contributed by atoms with van der Waals surface area (Å²) < 4.78 is 29.9. The zero-order valence-electron chi connectivity index (χ0n) is 56.9. The lowest BCUT2D eigenvalue weighted by Gasteiger charge is -2.31. The third-order valence-corrected chi connectivity index (χ3v) is 17.2. The normalized spacial score (nSPS) is 16.5. The van der Waals surface area contributed by atoms with Gasteiger partial charge in [0.1, 0.15) is 51.3 Å². The van der Waals surface area contributed by atoms with Crippen molar-refractivity contribution in [3.05, 3.63) is 92.8 Å². The number of aliphatic hydroxyl groups is 1. The molecule has 1 aliphatic carbocycles. The number of nitrogens with zero attached hydrogens (tertiary/aromatic N) is 3. The van der Waals surface area contributed by atoms with E-state index in [-0.39, 0.29) is 126 Å². The first-order valence-corrected chi connectivity index (χ1v) is 33.2. The van der Waals surface area contributed by atoms with Crippen LogP contribution in [0.3, 0.4) is 0 Å². The van der Waals surface area contributed by atoms with Crippen molar-refractivity contribution < 1.29 is 67.1 Å². The van der Waals surface area contributed by atoms with Crippen LogP contribution in [0.2, 0.25) is 0 Å². The molecule has 2 aromatic carbocycles. The fraction of sp³-hybridized carbons (Fsp3) is 0.571. The molecule has 0 fully saturated rings. The van der Waals surface area contributed by atoms with E-state index in [0.717, 1.165) is 54.1 Å². The van der Waals surface area contributed by atoms with E-state index in [9.17, 15) is 48.3 Å². The van der Waals surface area contributed by atoms with Crippen molar-refractivity contribution >= 4 is 64.2 Å². The second kappa shape index (κ2) is 35.0. The lowest BCUT2D eigenvalue weighted by atomic mass is 9.86. The minimum absolute atomic E-state index is 0.0220. The summed E-state index contributed by atoms with van der Waals surface area (Å²) in [6, 6.07) is 13.2. The molecule has 3 aliphatic rings. The van der Waals surface area contributed by atoms with E-state index in [4.69, 9.17) is 34.4 Å². The Balaban J connectivity index is 0.811. The number of urea groups is 1. The molecule has 2 aromatic heterocycles. The summed E-state index contributed by atoms with van der Waals surface area (Å²) in [5.74, 6) is 2.79. The van der Waals surface area contributed by atoms with Gasteiger partial charge in [0.25, 0.3) is 5.56 Å². The van der Waals surface area contributed by atoms with E-state index in [2.05, 4.69) is 67.8 Å². The number of benzene rings is 2. The number of rotatable bonds is 35. The number of aromatic nitrogens is 2. The number of esters is 1. The van der Waals surface area contributed by atoms with E-state index >= 15 is 0 Å². The van der Waals surface area contributed by atoms with Crippen molar-refractivity contribution in [1.29, 1.82) is 0 Å². The van der Waals surface area contributed by atoms with Gasteiger partial charge in [-0.3, -0.25) is 33.7 Å². The predicted molar refractivity (Wildman–Crippen MR) is 359 cm³/mol. The summed E-state index contributed by atoms with van der Waals surface area (Å²) in [5.41, 5.74) is 7.25. The second-order valence-corrected chi connectivity index (χ2v) is 27.0. The van der Waals surface area contributed by atoms with Crippen LogP contribution in [0.5, 0.6) is 0 Å². The summed E-state index contributed by atoms with van der Waals surface area (Å²) in [6.45, 7) is 18.8. The molecule has 8 amide bonds. The lowest BCUT2D eigenvalue weighted by Crippen LogP contribution is -2.55. The molecule has 26 nitrogen and oxygen atoms in total. The molecule has 0 saturated carbocycles. The number of carbonyl (C=O) groups excluding carboxylic acids is 8. The summed E-state index contributed by atoms with van der Waals surface area (Å²) in [7, 11) is 0. The third kappa shape index (κ3) is 21.5. The van der Waals surface area contributed by atoms with E-state index in [0.29, 0.717) is 55.3 Å². The molecule has 4 aromatic rings. The number of hydrogen-bond donors (Lipinski definition) is 9. The van der Waals surface area contributed by atoms with E-state index in [1.165, 1.54) is 0 Å². The lowest BCUT2D eigenvalue weighted by molar-refractivity contribution is -0.172. The van der Waals surface area contributed by atoms with Crippen LogP contribution >= 0.6 is 0 Å². The fourth-order valence-corrected chi connectivity index (χ4v) is 11.6. The number of fused-ring (bicyclic) bond motifs is 5. The minimum atomic E-state index is -1.93. The molecule has 1 unspecified atom stereocenters. The van der Waals surface area contributed by atoms with Gasteiger partial charge in [0, 0.05) is 72.7 Å². The highest BCUT2D eigenvalue weighted by Gasteiger charge is 2.46. The maximum absolute atomic E-state index is 13.9. The van der Waals surface area contributed by atoms with Gasteiger partial charge in [-0.05, 0) is 106 Å². The van der Waals surface area contributed by atoms with Gasteiger partial charge in [-0.1, -0.05) is 91.1 Å². The average Bonchev–Trinajstić information content (AvgIpc) is 1.51. The Morgan fingerprint density at radius 2 is 1.61 bits per heavy atom. The number of primary amides is 1. The van der Waals surface area contributed by atoms with Gasteiger partial charge in [-0.25, -0.2) is 19.4 Å². The number of hydrogen-bond acceptors (Lipinski definition) is 17. The van der Waals surface area contributed by atoms with Crippen LogP contribution in [-0.4, -0.2) is 157 Å². The molecule has 0 radical (unpaired) electrons. The highest BCUT2D eigenvalue weighted by atomic mass is 16.6. The van der Waals surface area contributed by atoms with Gasteiger partial charge in [-0.15, -0.1) is 5.92 Å². The molecule has 4 atom stereocenters. The largest absolute Gasteiger partial charge is 0.458 e. The van der Waals surface area contributed by atoms with E-state index < -0.39 is 70.2 Å². The van der Waals surface area contributed by atoms with Crippen LogP contribution in [0.1, 0.15) is 148 Å². The minimum Gasteiger partial charge on any atom is -0.458 e. The van der Waals surface area contributed by atoms with Gasteiger partial charge in [0.15, 0.2) is 5.60 Å². The first kappa shape index (κ1) is 74.9. The number of pyridine rings is 2. The summed E-state index contributed by atoms with van der Waals surface area (Å²) in [6.07, 6.45) is 4.82. The molecular formula is C70H97N11O15. The Morgan fingerprint density at radius 1 is 0.865 bits per heavy atom. The van der Waals surface area contributed by atoms with Gasteiger partial charge < -0.3 is 76.3 Å². The number of nitrogens with one attached hydrogen (secondary N) is 7. The Hall–Kier alpha value is -8.48. The topological polar surface area (TPSA) is 351 Å². The molecular weight excluding hydrogens is 1230 g/mol. The van der Waals surface area contributed by atoms with Crippen LogP contribution < -0.4 is 48.5 Å². The molecule has 7 rings (SSSR count). The molecule has 2 aliphatic heterocycles. The second-order valence-electron chi connectivity index (χ2n) is 27.0. The number of anilines is 1. The van der Waals surface area contributed by atoms with Crippen LogP contribution in [0.25, 0.3) is 22.3 Å². The van der Waals surface area contributed by atoms with E-state index in [1.807, 2.05) is 52.0 Å². The number of carbonyl (C=O) groups is 8. The first-order valence-electron chi connectivity index (χ1n) is 33.2. The van der Waals surface area contributed by atoms with Crippen molar-refractivity contribution in [2.75, 3.05) is 71.2 Å². The number of ether oxygens (including phenoxy) is 5. The molecule has 522 valence electrons. The zero-order valence-corrected chi connectivity index (χ0v) is 56.9. The highest BCUT2D eigenvalue weighted by Crippen LogP contribution is 2.40. The van der Waals surface area contributed by atoms with Crippen LogP contribution in [0, 0.1) is 28.6 Å². The Kier molecular flexibility index (Phi) is 27.3. The standard InChI is InChI=1S/C70H97N11O15/c1-10-70(91)53-33-56-61-51(36-81(56)64(87)52(53)38-95-65(70)88)49(50-21-16-17-22-54(50)77-61)28-30-80(45(4)5)31-32-92-43-75-58(83)35-73-67(90)96-37-46-24-26-47(27-25-46)76-62(85)55(23-18-29-72-66(71)89)78-63(86)60(44(2)3)79-57(82)34-68(6,7)41-93-42-69(8,9)40-74-59(84)39-94-48-19-14-12-11-13-15-20-48/h16-17,21-22,24-27,33,44-45,48,55,60,91H,10-14,18-19,23,28-32,34-43H2,1-9H3,(H,73,90)(H,74,84)(H,75,83)(H,76,85)(H,78,86)(H,79,82)(H3,71,72,89)/t48?,55-,60-,70-/m0/s1. The molecule has 0 spiro atoms. The predicted octanol–water partition coefficient (Wildman–Crippen LogP) is 5.29. The summed E-state index contributed by atoms with van der Waals surface area (Å²) >= 11 is 0. The maximum atomic E-state index is 13.9. The van der Waals surface area contributed by atoms with Crippen molar-refractivity contribution in [1.82, 2.24) is 46.4 Å². The fourth-order valence-electron chi connectivity index (χ4n) is 11.6. The van der Waals surface area contributed by atoms with Crippen molar-refractivity contribution in [3.63, 3.8) is 0 Å². The summed E-state index contributed by atoms with van der Waals surface area (Å²) in [4.78, 5) is 125. The Bertz CT molecular complexity index is 3540. The third-order valence-electron chi connectivity index (χ3n) is 17.2. The molecule has 0 saturated heterocycles. The molecule has 4 heterocycles. The smallest absolute Gasteiger partial charge is 0.407 e. The van der Waals surface area contributed by atoms with Crippen molar-refractivity contribution in [2.24, 2.45) is 22.5 Å². The molecule has 0 bridgehead atoms. The maximum Gasteiger partial charge on any atom is 0.407 e. The number of alkyl carbamates (subject to hydrolysis) is 1. The Morgan fingerprint density at radius 3 is 2.34 bits per heavy atom. The van der Waals surface area contributed by atoms with Crippen LogP contribution in [-0.2, 0) is 84.2 Å². The number of cyclic esters (lactones) is 1. The van der Waals surface area contributed by atoms with Crippen LogP contribution in [0.4, 0.5) is 15.3 Å². The first-order chi connectivity index (χ1) is 45.7. The zero-order chi connectivity index (χ0) is 69.7. The Labute approximate surface area is 561 Å². The number of para-hydroxylation sites is 1. The van der Waals surface area contributed by atoms with Crippen LogP contribution in [0.15, 0.2) is 59.4 Å². The van der Waals surface area contributed by atoms with Gasteiger partial charge >= 0.3 is 18.1 Å². The van der Waals surface area contributed by atoms with Gasteiger partial charge in [0.05, 0.1) is 48.8 Å². The molecule has 26 heteroatoms. The van der Waals surface area contributed by atoms with Gasteiger partial charge in [0.2, 0.25) is 29.5 Å². The molecule has 96 heavy (non-hydrogen) atoms. The average molecular weight is 1330 g/mol. The van der Waals surface area contributed by atoms with Gasteiger partial charge in [-0.2, -0.15) is 0 Å². The van der Waals surface area contributed by atoms with Crippen molar-refractivity contribution in [2.45, 2.75) is 176 Å². The number of amides is 8.